The molecule has 0 aromatic heterocycles. The average Bonchev–Trinajstić information content (AvgIpc) is 2.58. The van der Waals surface area contributed by atoms with Gasteiger partial charge in [-0.3, -0.25) is 24.5 Å². The lowest BCUT2D eigenvalue weighted by atomic mass is 10.4. The Hall–Kier alpha value is -2.13. The maximum Gasteiger partial charge on any atom is 0.471 e. The van der Waals surface area contributed by atoms with Gasteiger partial charge < -0.3 is 10.4 Å². The molecule has 1 rings (SSSR count). The molecule has 0 atom stereocenters. The summed E-state index contributed by atoms with van der Waals surface area (Å²) in [5.41, 5.74) is 0. The van der Waals surface area contributed by atoms with E-state index in [4.69, 9.17) is 5.11 Å². The Balaban J connectivity index is 0.000000351. The van der Waals surface area contributed by atoms with Crippen LogP contribution >= 0.6 is 0 Å². The summed E-state index contributed by atoms with van der Waals surface area (Å²) in [7, 11) is 0. The molecule has 0 unspecified atom stereocenters. The van der Waals surface area contributed by atoms with E-state index in [1.807, 2.05) is 0 Å². The molecule has 0 aromatic carbocycles. The Morgan fingerprint density at radius 2 is 1.67 bits per heavy atom. The summed E-state index contributed by atoms with van der Waals surface area (Å²) in [6, 6.07) is 0. The molecule has 0 bridgehead atoms. The summed E-state index contributed by atoms with van der Waals surface area (Å²) in [5.74, 6) is -4.07. The van der Waals surface area contributed by atoms with Crippen molar-refractivity contribution in [3.05, 3.63) is 0 Å². The first kappa shape index (κ1) is 15.9. The average molecular weight is 270 g/mol. The highest BCUT2D eigenvalue weighted by molar-refractivity contribution is 6.01. The van der Waals surface area contributed by atoms with E-state index in [-0.39, 0.29) is 11.8 Å². The van der Waals surface area contributed by atoms with Crippen molar-refractivity contribution < 1.29 is 37.5 Å². The number of hydrogen-bond donors (Lipinski definition) is 3. The quantitative estimate of drug-likeness (QED) is 0.567. The molecule has 18 heavy (non-hydrogen) atoms. The van der Waals surface area contributed by atoms with Gasteiger partial charge in [-0.25, -0.2) is 0 Å². The highest BCUT2D eigenvalue weighted by Crippen LogP contribution is 2.13. The number of hydrogen-bond acceptors (Lipinski definition) is 4. The molecule has 10 heteroatoms. The van der Waals surface area contributed by atoms with Crippen molar-refractivity contribution >= 4 is 23.7 Å². The van der Waals surface area contributed by atoms with Crippen molar-refractivity contribution in [1.82, 2.24) is 10.6 Å². The van der Waals surface area contributed by atoms with Crippen LogP contribution < -0.4 is 10.6 Å². The normalized spacial score (nSPS) is 14.4. The first-order valence-electron chi connectivity index (χ1n) is 4.52. The minimum Gasteiger partial charge on any atom is -0.480 e. The lowest BCUT2D eigenvalue weighted by molar-refractivity contribution is -0.174. The first-order chi connectivity index (χ1) is 8.12. The monoisotopic (exact) mass is 270 g/mol. The number of rotatable bonds is 2. The fourth-order valence-electron chi connectivity index (χ4n) is 0.764. The number of aliphatic carboxylic acids is 1. The van der Waals surface area contributed by atoms with Crippen LogP contribution in [0.4, 0.5) is 13.2 Å². The standard InChI is InChI=1S/C4H4F3NO3.C4H5NO2/c5-4(6,7)3(11)8-1-2(9)10;6-3-1-2-4(7)5-3/h1H2,(H,8,11)(H,9,10);1-2H2,(H,5,6,7). The van der Waals surface area contributed by atoms with Gasteiger partial charge in [0.1, 0.15) is 6.54 Å². The Kier molecular flexibility index (Phi) is 5.79. The van der Waals surface area contributed by atoms with Crippen LogP contribution in [-0.2, 0) is 19.2 Å². The number of halogens is 3. The Bertz CT molecular complexity index is 352. The second-order valence-corrected chi connectivity index (χ2v) is 3.05. The molecule has 1 aliphatic heterocycles. The zero-order valence-corrected chi connectivity index (χ0v) is 8.84. The predicted molar refractivity (Wildman–Crippen MR) is 49.1 cm³/mol. The molecule has 1 saturated heterocycles. The van der Waals surface area contributed by atoms with Crippen LogP contribution in [-0.4, -0.2) is 41.5 Å². The number of amides is 3. The zero-order valence-electron chi connectivity index (χ0n) is 8.84. The topological polar surface area (TPSA) is 113 Å². The summed E-state index contributed by atoms with van der Waals surface area (Å²) in [5, 5.41) is 11.1. The molecule has 1 fully saturated rings. The van der Waals surface area contributed by atoms with Crippen molar-refractivity contribution in [3.63, 3.8) is 0 Å². The number of alkyl halides is 3. The van der Waals surface area contributed by atoms with Crippen molar-refractivity contribution in [2.24, 2.45) is 0 Å². The fourth-order valence-corrected chi connectivity index (χ4v) is 0.764. The van der Waals surface area contributed by atoms with E-state index >= 15 is 0 Å². The van der Waals surface area contributed by atoms with Gasteiger partial charge in [-0.2, -0.15) is 13.2 Å². The second-order valence-electron chi connectivity index (χ2n) is 3.05. The van der Waals surface area contributed by atoms with Crippen LogP contribution in [0.25, 0.3) is 0 Å². The summed E-state index contributed by atoms with van der Waals surface area (Å²) in [6.45, 7) is -1.03. The molecule has 102 valence electrons. The molecule has 0 saturated carbocycles. The number of nitrogens with one attached hydrogen (secondary N) is 2. The van der Waals surface area contributed by atoms with Crippen LogP contribution in [0.1, 0.15) is 12.8 Å². The highest BCUT2D eigenvalue weighted by atomic mass is 19.4. The van der Waals surface area contributed by atoms with Gasteiger partial charge >= 0.3 is 18.1 Å². The number of imide groups is 1. The zero-order chi connectivity index (χ0) is 14.3. The summed E-state index contributed by atoms with van der Waals surface area (Å²) >= 11 is 0. The lowest BCUT2D eigenvalue weighted by Crippen LogP contribution is -2.39. The van der Waals surface area contributed by atoms with E-state index in [1.165, 1.54) is 0 Å². The van der Waals surface area contributed by atoms with E-state index in [0.717, 1.165) is 5.32 Å². The van der Waals surface area contributed by atoms with Gasteiger partial charge in [0, 0.05) is 12.8 Å². The number of carbonyl (C=O) groups excluding carboxylic acids is 3. The van der Waals surface area contributed by atoms with Crippen LogP contribution in [0.3, 0.4) is 0 Å². The molecule has 7 nitrogen and oxygen atoms in total. The largest absolute Gasteiger partial charge is 0.480 e. The number of carbonyl (C=O) groups is 4. The fraction of sp³-hybridized carbons (Fsp3) is 0.500. The van der Waals surface area contributed by atoms with Gasteiger partial charge in [0.25, 0.3) is 0 Å². The number of carboxylic acids is 1. The van der Waals surface area contributed by atoms with Crippen LogP contribution in [0.5, 0.6) is 0 Å². The van der Waals surface area contributed by atoms with Gasteiger partial charge in [-0.15, -0.1) is 0 Å². The third-order valence-electron chi connectivity index (χ3n) is 1.52. The molecule has 0 radical (unpaired) electrons. The van der Waals surface area contributed by atoms with Gasteiger partial charge in [-0.1, -0.05) is 0 Å². The molecule has 1 heterocycles. The third kappa shape index (κ3) is 7.19. The van der Waals surface area contributed by atoms with Gasteiger partial charge in [0.05, 0.1) is 0 Å². The maximum atomic E-state index is 11.3. The molecular weight excluding hydrogens is 261 g/mol. The van der Waals surface area contributed by atoms with E-state index in [9.17, 15) is 32.3 Å². The van der Waals surface area contributed by atoms with Gasteiger partial charge in [0.2, 0.25) is 11.8 Å². The first-order valence-corrected chi connectivity index (χ1v) is 4.52. The minimum atomic E-state index is -5.02. The highest BCUT2D eigenvalue weighted by Gasteiger charge is 2.38. The SMILES string of the molecule is O=C(O)CNC(=O)C(F)(F)F.O=C1CCC(=O)N1. The third-order valence-corrected chi connectivity index (χ3v) is 1.52. The van der Waals surface area contributed by atoms with Crippen LogP contribution in [0, 0.1) is 0 Å². The van der Waals surface area contributed by atoms with E-state index < -0.39 is 24.6 Å². The summed E-state index contributed by atoms with van der Waals surface area (Å²) in [6.07, 6.45) is -4.27. The molecule has 0 aromatic rings. The molecule has 1 aliphatic rings. The summed E-state index contributed by atoms with van der Waals surface area (Å²) in [4.78, 5) is 39.8. The van der Waals surface area contributed by atoms with E-state index in [2.05, 4.69) is 5.32 Å². The molecule has 0 aliphatic carbocycles. The van der Waals surface area contributed by atoms with Crippen molar-refractivity contribution in [2.75, 3.05) is 6.54 Å². The number of carboxylic acid groups (broad SMARTS) is 1. The second kappa shape index (κ2) is 6.57. The summed E-state index contributed by atoms with van der Waals surface area (Å²) < 4.78 is 33.9. The van der Waals surface area contributed by atoms with Crippen molar-refractivity contribution in [1.29, 1.82) is 0 Å². The van der Waals surface area contributed by atoms with Crippen LogP contribution in [0.2, 0.25) is 0 Å². The lowest BCUT2D eigenvalue weighted by Gasteiger charge is -2.04. The van der Waals surface area contributed by atoms with Crippen molar-refractivity contribution in [3.8, 4) is 0 Å². The van der Waals surface area contributed by atoms with Gasteiger partial charge in [0.15, 0.2) is 0 Å². The maximum absolute atomic E-state index is 11.3. The van der Waals surface area contributed by atoms with Gasteiger partial charge in [-0.05, 0) is 0 Å². The Morgan fingerprint density at radius 1 is 1.22 bits per heavy atom. The van der Waals surface area contributed by atoms with Crippen molar-refractivity contribution in [2.45, 2.75) is 19.0 Å². The van der Waals surface area contributed by atoms with E-state index in [0.29, 0.717) is 12.8 Å². The Morgan fingerprint density at radius 3 is 1.89 bits per heavy atom. The Labute approximate surface area is 98.3 Å². The minimum absolute atomic E-state index is 0.148. The van der Waals surface area contributed by atoms with Crippen LogP contribution in [0.15, 0.2) is 0 Å². The smallest absolute Gasteiger partial charge is 0.471 e. The molecular formula is C8H9F3N2O5. The van der Waals surface area contributed by atoms with E-state index in [1.54, 1.807) is 0 Å². The molecule has 0 spiro atoms. The molecule has 3 amide bonds. The predicted octanol–water partition coefficient (Wildman–Crippen LogP) is -0.828. The molecule has 3 N–H and O–H groups in total.